The van der Waals surface area contributed by atoms with Gasteiger partial charge in [-0.15, -0.1) is 0 Å². The van der Waals surface area contributed by atoms with Gasteiger partial charge in [0, 0.05) is 17.3 Å². The van der Waals surface area contributed by atoms with Crippen LogP contribution in [0.1, 0.15) is 30.1 Å². The minimum atomic E-state index is -0.174. The number of ketones is 1. The molecule has 1 aliphatic heterocycles. The number of amides is 2. The van der Waals surface area contributed by atoms with E-state index < -0.39 is 0 Å². The Balaban J connectivity index is 1.85. The van der Waals surface area contributed by atoms with Crippen molar-refractivity contribution in [3.05, 3.63) is 29.8 Å². The predicted molar refractivity (Wildman–Crippen MR) is 78.9 cm³/mol. The van der Waals surface area contributed by atoms with E-state index in [0.29, 0.717) is 11.3 Å². The number of urea groups is 1. The molecule has 1 fully saturated rings. The number of thioether (sulfide) groups is 1. The van der Waals surface area contributed by atoms with Gasteiger partial charge in [0.25, 0.3) is 0 Å². The lowest BCUT2D eigenvalue weighted by molar-refractivity contribution is 0.101. The van der Waals surface area contributed by atoms with Crippen molar-refractivity contribution < 1.29 is 9.59 Å². The molecule has 1 aromatic carbocycles. The number of anilines is 1. The highest BCUT2D eigenvalue weighted by atomic mass is 32.2. The number of carbonyl (C=O) groups excluding carboxylic acids is 2. The molecule has 0 unspecified atom stereocenters. The third-order valence-electron chi connectivity index (χ3n) is 3.11. The van der Waals surface area contributed by atoms with E-state index in [1.54, 1.807) is 24.3 Å². The number of rotatable bonds is 3. The van der Waals surface area contributed by atoms with Crippen molar-refractivity contribution in [2.45, 2.75) is 25.8 Å². The van der Waals surface area contributed by atoms with Gasteiger partial charge in [0.05, 0.1) is 0 Å². The summed E-state index contributed by atoms with van der Waals surface area (Å²) in [5.41, 5.74) is 1.35. The first-order chi connectivity index (χ1) is 9.15. The number of benzene rings is 1. The van der Waals surface area contributed by atoms with Gasteiger partial charge >= 0.3 is 6.03 Å². The van der Waals surface area contributed by atoms with Crippen LogP contribution in [0.4, 0.5) is 10.5 Å². The Hall–Kier alpha value is -1.49. The molecule has 19 heavy (non-hydrogen) atoms. The molecule has 0 radical (unpaired) electrons. The monoisotopic (exact) mass is 278 g/mol. The highest BCUT2D eigenvalue weighted by Crippen LogP contribution is 2.17. The lowest BCUT2D eigenvalue weighted by Crippen LogP contribution is -2.39. The average Bonchev–Trinajstić information content (AvgIpc) is 2.40. The van der Waals surface area contributed by atoms with Gasteiger partial charge in [-0.2, -0.15) is 11.8 Å². The molecule has 2 N–H and O–H groups in total. The first-order valence-corrected chi connectivity index (χ1v) is 7.57. The fourth-order valence-corrected chi connectivity index (χ4v) is 3.09. The largest absolute Gasteiger partial charge is 0.335 e. The second kappa shape index (κ2) is 6.61. The summed E-state index contributed by atoms with van der Waals surface area (Å²) < 4.78 is 0. The number of carbonyl (C=O) groups is 2. The number of Topliss-reactive ketones (excluding diaryl/α,β-unsaturated/α-hetero) is 1. The molecule has 1 heterocycles. The second-order valence-electron chi connectivity index (χ2n) is 4.62. The summed E-state index contributed by atoms with van der Waals surface area (Å²) in [4.78, 5) is 22.9. The van der Waals surface area contributed by atoms with Crippen LogP contribution in [0.25, 0.3) is 0 Å². The van der Waals surface area contributed by atoms with Gasteiger partial charge in [-0.3, -0.25) is 4.79 Å². The Bertz CT molecular complexity index is 453. The van der Waals surface area contributed by atoms with E-state index in [0.717, 1.165) is 24.3 Å². The smallest absolute Gasteiger partial charge is 0.319 e. The fourth-order valence-electron chi connectivity index (χ4n) is 1.98. The quantitative estimate of drug-likeness (QED) is 0.836. The van der Waals surface area contributed by atoms with Gasteiger partial charge in [0.1, 0.15) is 0 Å². The topological polar surface area (TPSA) is 58.2 Å². The average molecular weight is 278 g/mol. The van der Waals surface area contributed by atoms with E-state index >= 15 is 0 Å². The van der Waals surface area contributed by atoms with E-state index in [2.05, 4.69) is 10.6 Å². The van der Waals surface area contributed by atoms with Crippen molar-refractivity contribution in [3.8, 4) is 0 Å². The standard InChI is InChI=1S/C14H18N2O2S/c1-10(17)11-2-4-12(5-3-11)15-14(18)16-13-6-8-19-9-7-13/h2-5,13H,6-9H2,1H3,(H2,15,16,18). The number of hydrogen-bond acceptors (Lipinski definition) is 3. The molecule has 0 bridgehead atoms. The Kier molecular flexibility index (Phi) is 4.85. The Labute approximate surface area is 117 Å². The van der Waals surface area contributed by atoms with Gasteiger partial charge in [0.2, 0.25) is 0 Å². The van der Waals surface area contributed by atoms with Crippen LogP contribution >= 0.6 is 11.8 Å². The van der Waals surface area contributed by atoms with Gasteiger partial charge < -0.3 is 10.6 Å². The minimum absolute atomic E-state index is 0.0238. The number of nitrogens with one attached hydrogen (secondary N) is 2. The first-order valence-electron chi connectivity index (χ1n) is 6.41. The third kappa shape index (κ3) is 4.28. The minimum Gasteiger partial charge on any atom is -0.335 e. The van der Waals surface area contributed by atoms with Crippen molar-refractivity contribution in [1.82, 2.24) is 5.32 Å². The van der Waals surface area contributed by atoms with Crippen LogP contribution in [-0.4, -0.2) is 29.4 Å². The van der Waals surface area contributed by atoms with E-state index in [9.17, 15) is 9.59 Å². The third-order valence-corrected chi connectivity index (χ3v) is 4.15. The zero-order chi connectivity index (χ0) is 13.7. The van der Waals surface area contributed by atoms with Gasteiger partial charge in [-0.25, -0.2) is 4.79 Å². The molecule has 102 valence electrons. The van der Waals surface area contributed by atoms with Crippen LogP contribution in [0.3, 0.4) is 0 Å². The van der Waals surface area contributed by atoms with Crippen LogP contribution in [-0.2, 0) is 0 Å². The molecule has 4 nitrogen and oxygen atoms in total. The molecule has 1 aromatic rings. The van der Waals surface area contributed by atoms with Gasteiger partial charge in [0.15, 0.2) is 5.78 Å². The summed E-state index contributed by atoms with van der Waals surface area (Å²) >= 11 is 1.93. The van der Waals surface area contributed by atoms with Crippen molar-refractivity contribution >= 4 is 29.3 Å². The SMILES string of the molecule is CC(=O)c1ccc(NC(=O)NC2CCSCC2)cc1. The van der Waals surface area contributed by atoms with E-state index in [-0.39, 0.29) is 17.9 Å². The Morgan fingerprint density at radius 2 is 1.79 bits per heavy atom. The molecule has 2 amide bonds. The molecule has 0 atom stereocenters. The first kappa shape index (κ1) is 13.9. The maximum Gasteiger partial charge on any atom is 0.319 e. The molecule has 5 heteroatoms. The lowest BCUT2D eigenvalue weighted by atomic mass is 10.1. The Morgan fingerprint density at radius 1 is 1.16 bits per heavy atom. The highest BCUT2D eigenvalue weighted by Gasteiger charge is 2.15. The predicted octanol–water partition coefficient (Wildman–Crippen LogP) is 2.91. The van der Waals surface area contributed by atoms with E-state index in [1.165, 1.54) is 6.92 Å². The van der Waals surface area contributed by atoms with Crippen molar-refractivity contribution in [2.24, 2.45) is 0 Å². The van der Waals surface area contributed by atoms with Gasteiger partial charge in [-0.05, 0) is 55.5 Å². The molecule has 2 rings (SSSR count). The number of hydrogen-bond donors (Lipinski definition) is 2. The van der Waals surface area contributed by atoms with Crippen molar-refractivity contribution in [1.29, 1.82) is 0 Å². The molecular formula is C14H18N2O2S. The molecular weight excluding hydrogens is 260 g/mol. The molecule has 1 saturated heterocycles. The highest BCUT2D eigenvalue weighted by molar-refractivity contribution is 7.99. The molecule has 0 aromatic heterocycles. The van der Waals surface area contributed by atoms with Crippen LogP contribution < -0.4 is 10.6 Å². The summed E-state index contributed by atoms with van der Waals surface area (Å²) in [6.07, 6.45) is 2.06. The van der Waals surface area contributed by atoms with Crippen LogP contribution in [0.5, 0.6) is 0 Å². The normalized spacial score (nSPS) is 15.8. The summed E-state index contributed by atoms with van der Waals surface area (Å²) in [5.74, 6) is 2.24. The molecule has 0 saturated carbocycles. The summed E-state index contributed by atoms with van der Waals surface area (Å²) in [6, 6.07) is 7.02. The summed E-state index contributed by atoms with van der Waals surface area (Å²) in [6.45, 7) is 1.52. The lowest BCUT2D eigenvalue weighted by Gasteiger charge is -2.22. The van der Waals surface area contributed by atoms with Crippen molar-refractivity contribution in [3.63, 3.8) is 0 Å². The maximum absolute atomic E-state index is 11.8. The van der Waals surface area contributed by atoms with Crippen LogP contribution in [0.2, 0.25) is 0 Å². The zero-order valence-corrected chi connectivity index (χ0v) is 11.8. The van der Waals surface area contributed by atoms with Gasteiger partial charge in [-0.1, -0.05) is 0 Å². The summed E-state index contributed by atoms with van der Waals surface area (Å²) in [7, 11) is 0. The maximum atomic E-state index is 11.8. The van der Waals surface area contributed by atoms with Crippen LogP contribution in [0.15, 0.2) is 24.3 Å². The van der Waals surface area contributed by atoms with E-state index in [4.69, 9.17) is 0 Å². The second-order valence-corrected chi connectivity index (χ2v) is 5.84. The Morgan fingerprint density at radius 3 is 2.37 bits per heavy atom. The molecule has 1 aliphatic rings. The molecule has 0 aliphatic carbocycles. The molecule has 0 spiro atoms. The summed E-state index contributed by atoms with van der Waals surface area (Å²) in [5, 5.41) is 5.76. The zero-order valence-electron chi connectivity index (χ0n) is 10.9. The van der Waals surface area contributed by atoms with Crippen LogP contribution in [0, 0.1) is 0 Å². The van der Waals surface area contributed by atoms with E-state index in [1.807, 2.05) is 11.8 Å². The fraction of sp³-hybridized carbons (Fsp3) is 0.429. The van der Waals surface area contributed by atoms with Crippen molar-refractivity contribution in [2.75, 3.05) is 16.8 Å².